The molecule has 0 N–H and O–H groups in total. The highest BCUT2D eigenvalue weighted by atomic mass is 127. The third kappa shape index (κ3) is 16.2. The van der Waals surface area contributed by atoms with Gasteiger partial charge in [-0.15, -0.1) is 0 Å². The standard InChI is InChI=1S/C31H53N2O6.HI/c1-4-5-6-7-8-9-10-11-12-13-14-15-16-19-22-36-24-29-25-37-30(39-29)26-38-31(35)33(27(2)34)23-28-20-17-18-21-32(28)3;/h17-18,20-21,29-30H,4-16,19,22-26H2,1-3H3;1H/q+1;/p-1. The summed E-state index contributed by atoms with van der Waals surface area (Å²) in [5.41, 5.74) is 0.814. The minimum Gasteiger partial charge on any atom is -1.00 e. The first-order valence-corrected chi connectivity index (χ1v) is 15.2. The molecule has 1 aromatic rings. The van der Waals surface area contributed by atoms with Crippen LogP contribution in [0.1, 0.15) is 109 Å². The average Bonchev–Trinajstić information content (AvgIpc) is 3.38. The zero-order valence-corrected chi connectivity index (χ0v) is 27.3. The molecule has 2 amide bonds. The van der Waals surface area contributed by atoms with E-state index in [2.05, 4.69) is 6.92 Å². The van der Waals surface area contributed by atoms with Crippen molar-refractivity contribution in [3.63, 3.8) is 0 Å². The van der Waals surface area contributed by atoms with E-state index < -0.39 is 12.4 Å². The molecule has 8 nitrogen and oxygen atoms in total. The molecule has 1 fully saturated rings. The molecule has 0 bridgehead atoms. The number of aryl methyl sites for hydroxylation is 1. The Balaban J connectivity index is 0.00000800. The number of unbranched alkanes of at least 4 members (excludes halogenated alkanes) is 13. The first-order chi connectivity index (χ1) is 19.0. The molecule has 2 unspecified atom stereocenters. The van der Waals surface area contributed by atoms with Gasteiger partial charge in [-0.25, -0.2) is 14.3 Å². The number of carbonyl (C=O) groups is 2. The quantitative estimate of drug-likeness (QED) is 0.113. The third-order valence-electron chi connectivity index (χ3n) is 7.18. The second-order valence-corrected chi connectivity index (χ2v) is 10.7. The summed E-state index contributed by atoms with van der Waals surface area (Å²) in [4.78, 5) is 25.6. The second-order valence-electron chi connectivity index (χ2n) is 10.7. The van der Waals surface area contributed by atoms with Crippen LogP contribution in [0.15, 0.2) is 24.4 Å². The number of hydrogen-bond donors (Lipinski definition) is 0. The Morgan fingerprint density at radius 3 is 2.10 bits per heavy atom. The summed E-state index contributed by atoms with van der Waals surface area (Å²) >= 11 is 0. The molecule has 9 heteroatoms. The molecule has 1 aliphatic rings. The van der Waals surface area contributed by atoms with Crippen LogP contribution in [-0.2, 0) is 37.3 Å². The fraction of sp³-hybridized carbons (Fsp3) is 0.774. The molecule has 1 aliphatic heterocycles. The van der Waals surface area contributed by atoms with Crippen LogP contribution in [-0.4, -0.2) is 55.7 Å². The summed E-state index contributed by atoms with van der Waals surface area (Å²) in [6.07, 6.45) is 19.1. The number of nitrogens with zero attached hydrogens (tertiary/aromatic N) is 2. The zero-order chi connectivity index (χ0) is 28.1. The molecular weight excluding hydrogens is 623 g/mol. The van der Waals surface area contributed by atoms with Crippen LogP contribution in [0.25, 0.3) is 0 Å². The number of carbonyl (C=O) groups excluding carboxylic acids is 2. The molecule has 0 spiro atoms. The summed E-state index contributed by atoms with van der Waals surface area (Å²) in [5.74, 6) is -0.383. The van der Waals surface area contributed by atoms with E-state index in [-0.39, 0.29) is 49.1 Å². The van der Waals surface area contributed by atoms with Crippen LogP contribution >= 0.6 is 0 Å². The molecule has 0 aliphatic carbocycles. The second kappa shape index (κ2) is 23.3. The van der Waals surface area contributed by atoms with Crippen molar-refractivity contribution >= 4 is 12.0 Å². The number of amides is 2. The van der Waals surface area contributed by atoms with Crippen molar-refractivity contribution in [2.24, 2.45) is 7.05 Å². The van der Waals surface area contributed by atoms with Crippen molar-refractivity contribution in [2.45, 2.75) is 123 Å². The van der Waals surface area contributed by atoms with E-state index in [1.54, 1.807) is 0 Å². The van der Waals surface area contributed by atoms with Crippen molar-refractivity contribution < 1.29 is 57.1 Å². The molecule has 0 radical (unpaired) electrons. The van der Waals surface area contributed by atoms with Gasteiger partial charge in [-0.3, -0.25) is 4.79 Å². The lowest BCUT2D eigenvalue weighted by molar-refractivity contribution is -0.679. The number of pyridine rings is 1. The van der Waals surface area contributed by atoms with Crippen LogP contribution < -0.4 is 28.5 Å². The number of ether oxygens (including phenoxy) is 4. The van der Waals surface area contributed by atoms with Crippen molar-refractivity contribution in [3.05, 3.63) is 30.1 Å². The maximum atomic E-state index is 12.5. The summed E-state index contributed by atoms with van der Waals surface area (Å²) in [6, 6.07) is 5.60. The summed E-state index contributed by atoms with van der Waals surface area (Å²) in [7, 11) is 1.86. The normalized spacial score (nSPS) is 16.5. The van der Waals surface area contributed by atoms with Crippen molar-refractivity contribution in [1.82, 2.24) is 4.90 Å². The highest BCUT2D eigenvalue weighted by molar-refractivity contribution is 5.90. The molecule has 0 aromatic carbocycles. The molecular formula is C31H53IN2O6. The Hall–Kier alpha value is -1.30. The summed E-state index contributed by atoms with van der Waals surface area (Å²) in [6.45, 7) is 5.27. The van der Waals surface area contributed by atoms with Gasteiger partial charge in [-0.05, 0) is 6.42 Å². The highest BCUT2D eigenvalue weighted by Crippen LogP contribution is 2.15. The van der Waals surface area contributed by atoms with Gasteiger partial charge in [0, 0.05) is 25.7 Å². The third-order valence-corrected chi connectivity index (χ3v) is 7.18. The topological polar surface area (TPSA) is 78.2 Å². The van der Waals surface area contributed by atoms with Gasteiger partial charge in [0.25, 0.3) is 0 Å². The van der Waals surface area contributed by atoms with Crippen molar-refractivity contribution in [2.75, 3.05) is 26.4 Å². The minimum absolute atomic E-state index is 0. The van der Waals surface area contributed by atoms with Gasteiger partial charge < -0.3 is 42.9 Å². The number of hydrogen-bond acceptors (Lipinski definition) is 6. The smallest absolute Gasteiger partial charge is 0.417 e. The minimum atomic E-state index is -0.712. The van der Waals surface area contributed by atoms with Gasteiger partial charge >= 0.3 is 6.09 Å². The molecule has 2 atom stereocenters. The Kier molecular flexibility index (Phi) is 21.4. The first kappa shape index (κ1) is 36.7. The van der Waals surface area contributed by atoms with Gasteiger partial charge in [-0.2, -0.15) is 0 Å². The highest BCUT2D eigenvalue weighted by Gasteiger charge is 2.29. The Labute approximate surface area is 259 Å². The SMILES string of the molecule is CCCCCCCCCCCCCCCCOCC1COC(COC(=O)N(Cc2cccc[n+]2C)C(C)=O)O1.[I-]. The van der Waals surface area contributed by atoms with Gasteiger partial charge in [0.2, 0.25) is 11.6 Å². The van der Waals surface area contributed by atoms with Crippen LogP contribution in [0.3, 0.4) is 0 Å². The summed E-state index contributed by atoms with van der Waals surface area (Å²) in [5, 5.41) is 0. The van der Waals surface area contributed by atoms with Gasteiger partial charge in [0.1, 0.15) is 26.3 Å². The van der Waals surface area contributed by atoms with E-state index in [1.807, 2.05) is 36.0 Å². The monoisotopic (exact) mass is 676 g/mol. The molecule has 230 valence electrons. The predicted octanol–water partition coefficient (Wildman–Crippen LogP) is 3.24. The maximum Gasteiger partial charge on any atom is 0.417 e. The van der Waals surface area contributed by atoms with Gasteiger partial charge in [-0.1, -0.05) is 96.5 Å². The lowest BCUT2D eigenvalue weighted by Crippen LogP contribution is -3.00. The zero-order valence-electron chi connectivity index (χ0n) is 25.1. The van der Waals surface area contributed by atoms with E-state index in [9.17, 15) is 9.59 Å². The summed E-state index contributed by atoms with van der Waals surface area (Å²) < 4.78 is 24.3. The molecule has 40 heavy (non-hydrogen) atoms. The maximum absolute atomic E-state index is 12.5. The lowest BCUT2D eigenvalue weighted by atomic mass is 10.0. The fourth-order valence-electron chi connectivity index (χ4n) is 4.70. The lowest BCUT2D eigenvalue weighted by Gasteiger charge is -2.19. The molecule has 0 saturated carbocycles. The number of rotatable bonds is 21. The molecule has 2 heterocycles. The van der Waals surface area contributed by atoms with Gasteiger partial charge in [0.05, 0.1) is 13.2 Å². The van der Waals surface area contributed by atoms with Crippen LogP contribution in [0.4, 0.5) is 4.79 Å². The fourth-order valence-corrected chi connectivity index (χ4v) is 4.70. The molecule has 1 aromatic heterocycles. The van der Waals surface area contributed by atoms with Crippen LogP contribution in [0.2, 0.25) is 0 Å². The Morgan fingerprint density at radius 1 is 0.925 bits per heavy atom. The van der Waals surface area contributed by atoms with Crippen LogP contribution in [0, 0.1) is 0 Å². The number of imide groups is 1. The Morgan fingerprint density at radius 2 is 1.52 bits per heavy atom. The van der Waals surface area contributed by atoms with Crippen molar-refractivity contribution in [1.29, 1.82) is 0 Å². The van der Waals surface area contributed by atoms with Crippen LogP contribution in [0.5, 0.6) is 0 Å². The molecule has 2 rings (SSSR count). The van der Waals surface area contributed by atoms with Gasteiger partial charge in [0.15, 0.2) is 12.5 Å². The van der Waals surface area contributed by atoms with Crippen molar-refractivity contribution in [3.8, 4) is 0 Å². The van der Waals surface area contributed by atoms with E-state index >= 15 is 0 Å². The largest absolute Gasteiger partial charge is 1.00 e. The average molecular weight is 677 g/mol. The predicted molar refractivity (Wildman–Crippen MR) is 151 cm³/mol. The van der Waals surface area contributed by atoms with E-state index in [0.29, 0.717) is 13.2 Å². The van der Waals surface area contributed by atoms with E-state index in [4.69, 9.17) is 18.9 Å². The number of halogens is 1. The molecule has 1 saturated heterocycles. The van der Waals surface area contributed by atoms with E-state index in [0.717, 1.165) is 23.6 Å². The Bertz CT molecular complexity index is 812. The first-order valence-electron chi connectivity index (χ1n) is 15.2. The van der Waals surface area contributed by atoms with E-state index in [1.165, 1.54) is 90.4 Å². The number of aromatic nitrogens is 1.